The van der Waals surface area contributed by atoms with Crippen LogP contribution < -0.4 is 16.0 Å². The minimum absolute atomic E-state index is 0.0231. The summed E-state index contributed by atoms with van der Waals surface area (Å²) in [6, 6.07) is 15.7. The number of ether oxygens (including phenoxy) is 2. The summed E-state index contributed by atoms with van der Waals surface area (Å²) in [5, 5.41) is 18.8. The van der Waals surface area contributed by atoms with Gasteiger partial charge in [-0.3, -0.25) is 19.3 Å². The Morgan fingerprint density at radius 3 is 2.41 bits per heavy atom. The molecule has 7 unspecified atom stereocenters. The van der Waals surface area contributed by atoms with Crippen LogP contribution in [0.3, 0.4) is 0 Å². The lowest BCUT2D eigenvalue weighted by molar-refractivity contribution is -0.278. The van der Waals surface area contributed by atoms with Gasteiger partial charge in [-0.2, -0.15) is 0 Å². The molecule has 51 heavy (non-hydrogen) atoms. The second kappa shape index (κ2) is 17.9. The summed E-state index contributed by atoms with van der Waals surface area (Å²) >= 11 is 0. The summed E-state index contributed by atoms with van der Waals surface area (Å²) < 4.78 is 13.7. The maximum absolute atomic E-state index is 13.8. The average Bonchev–Trinajstić information content (AvgIpc) is 3.10. The largest absolute Gasteiger partial charge is 0.392 e. The number of amides is 3. The number of unbranched alkanes of at least 4 members (excludes halogenated alkanes) is 2. The van der Waals surface area contributed by atoms with Crippen LogP contribution >= 0.6 is 0 Å². The molecule has 0 bridgehead atoms. The van der Waals surface area contributed by atoms with Crippen molar-refractivity contribution < 1.29 is 29.0 Å². The number of aliphatic hydroxyl groups is 1. The van der Waals surface area contributed by atoms with E-state index in [9.17, 15) is 19.5 Å². The number of likely N-dealkylation sites (tertiary alicyclic amines) is 1. The number of carbonyl (C=O) groups excluding carboxylic acids is 3. The Bertz CT molecular complexity index is 1460. The minimum Gasteiger partial charge on any atom is -0.392 e. The molecule has 280 valence electrons. The highest BCUT2D eigenvalue weighted by molar-refractivity contribution is 5.90. The third kappa shape index (κ3) is 10.9. The molecule has 0 spiro atoms. The fraction of sp³-hybridized carbons (Fsp3) is 0.634. The van der Waals surface area contributed by atoms with Crippen molar-refractivity contribution in [2.45, 2.75) is 142 Å². The van der Waals surface area contributed by atoms with Gasteiger partial charge in [-0.25, -0.2) is 0 Å². The summed E-state index contributed by atoms with van der Waals surface area (Å²) in [4.78, 5) is 40.2. The minimum atomic E-state index is -0.687. The van der Waals surface area contributed by atoms with Crippen LogP contribution in [0.5, 0.6) is 0 Å². The molecule has 1 saturated carbocycles. The highest BCUT2D eigenvalue weighted by Gasteiger charge is 2.46. The molecule has 10 nitrogen and oxygen atoms in total. The van der Waals surface area contributed by atoms with Gasteiger partial charge in [-0.1, -0.05) is 62.6 Å². The van der Waals surface area contributed by atoms with Crippen molar-refractivity contribution in [1.29, 1.82) is 0 Å². The van der Waals surface area contributed by atoms with E-state index < -0.39 is 6.29 Å². The van der Waals surface area contributed by atoms with E-state index in [0.717, 1.165) is 55.2 Å². The van der Waals surface area contributed by atoms with Crippen molar-refractivity contribution in [3.63, 3.8) is 0 Å². The Morgan fingerprint density at radius 1 is 0.922 bits per heavy atom. The monoisotopic (exact) mass is 704 g/mol. The molecule has 7 atom stereocenters. The lowest BCUT2D eigenvalue weighted by atomic mass is 9.75. The summed E-state index contributed by atoms with van der Waals surface area (Å²) in [5.41, 5.74) is 3.03. The SMILES string of the molecule is CC(=O)NCCCCCC(=O)Nc1cccc(C2OC(CN3C(C(=O)NC(C)(C)C)CCC4CCCCC43)C(C)C(c3ccc(CO)cc3)O2)c1. The first-order valence-electron chi connectivity index (χ1n) is 19.1. The number of hydrogen-bond acceptors (Lipinski definition) is 7. The number of nitrogens with zero attached hydrogens (tertiary/aromatic N) is 1. The van der Waals surface area contributed by atoms with Crippen LogP contribution in [0, 0.1) is 11.8 Å². The molecule has 3 amide bonds. The average molecular weight is 705 g/mol. The zero-order valence-electron chi connectivity index (χ0n) is 31.3. The molecule has 2 heterocycles. The van der Waals surface area contributed by atoms with E-state index in [2.05, 4.69) is 27.8 Å². The predicted octanol–water partition coefficient (Wildman–Crippen LogP) is 6.54. The Balaban J connectivity index is 1.36. The van der Waals surface area contributed by atoms with Crippen LogP contribution in [0.4, 0.5) is 5.69 Å². The van der Waals surface area contributed by atoms with Gasteiger partial charge in [-0.05, 0) is 88.5 Å². The molecule has 0 aromatic heterocycles. The summed E-state index contributed by atoms with van der Waals surface area (Å²) in [6.45, 7) is 11.0. The van der Waals surface area contributed by atoms with Gasteiger partial charge >= 0.3 is 0 Å². The zero-order chi connectivity index (χ0) is 36.5. The molecule has 0 radical (unpaired) electrons. The molecule has 2 aromatic carbocycles. The molecular weight excluding hydrogens is 644 g/mol. The van der Waals surface area contributed by atoms with E-state index in [-0.39, 0.29) is 54.0 Å². The summed E-state index contributed by atoms with van der Waals surface area (Å²) in [5.74, 6) is 0.558. The predicted molar refractivity (Wildman–Crippen MR) is 199 cm³/mol. The molecule has 2 aliphatic heterocycles. The second-order valence-corrected chi connectivity index (χ2v) is 15.9. The Morgan fingerprint density at radius 2 is 1.69 bits per heavy atom. The van der Waals surface area contributed by atoms with Crippen molar-refractivity contribution in [2.75, 3.05) is 18.4 Å². The second-order valence-electron chi connectivity index (χ2n) is 15.9. The van der Waals surface area contributed by atoms with E-state index in [4.69, 9.17) is 9.47 Å². The number of piperidine rings is 1. The van der Waals surface area contributed by atoms with Crippen molar-refractivity contribution in [3.8, 4) is 0 Å². The number of fused-ring (bicyclic) bond motifs is 1. The fourth-order valence-corrected chi connectivity index (χ4v) is 8.10. The molecular formula is C41H60N4O6. The van der Waals surface area contributed by atoms with Crippen LogP contribution in [0.1, 0.15) is 128 Å². The molecule has 2 aromatic rings. The van der Waals surface area contributed by atoms with Crippen LogP contribution in [0.15, 0.2) is 48.5 Å². The quantitative estimate of drug-likeness (QED) is 0.174. The topological polar surface area (TPSA) is 129 Å². The first-order chi connectivity index (χ1) is 24.4. The van der Waals surface area contributed by atoms with Crippen LogP contribution in [0.2, 0.25) is 0 Å². The molecule has 10 heteroatoms. The number of nitrogens with one attached hydrogen (secondary N) is 3. The van der Waals surface area contributed by atoms with E-state index in [1.807, 2.05) is 69.3 Å². The highest BCUT2D eigenvalue weighted by atomic mass is 16.7. The van der Waals surface area contributed by atoms with Crippen molar-refractivity contribution in [1.82, 2.24) is 15.5 Å². The van der Waals surface area contributed by atoms with Gasteiger partial charge in [0.15, 0.2) is 6.29 Å². The molecule has 1 aliphatic carbocycles. The Labute approximate surface area is 304 Å². The van der Waals surface area contributed by atoms with Gasteiger partial charge in [0.05, 0.1) is 24.9 Å². The van der Waals surface area contributed by atoms with Gasteiger partial charge in [-0.15, -0.1) is 0 Å². The highest BCUT2D eigenvalue weighted by Crippen LogP contribution is 2.44. The third-order valence-corrected chi connectivity index (χ3v) is 10.7. The zero-order valence-corrected chi connectivity index (χ0v) is 31.3. The molecule has 5 rings (SSSR count). The number of carbonyl (C=O) groups is 3. The van der Waals surface area contributed by atoms with Gasteiger partial charge < -0.3 is 30.5 Å². The van der Waals surface area contributed by atoms with Gasteiger partial charge in [0.25, 0.3) is 0 Å². The molecule has 3 fully saturated rings. The number of rotatable bonds is 13. The van der Waals surface area contributed by atoms with Crippen molar-refractivity contribution in [2.24, 2.45) is 11.8 Å². The summed E-state index contributed by atoms with van der Waals surface area (Å²) in [7, 11) is 0. The number of benzene rings is 2. The first kappa shape index (κ1) is 38.9. The lowest BCUT2D eigenvalue weighted by Gasteiger charge is -2.51. The van der Waals surface area contributed by atoms with Gasteiger partial charge in [0.2, 0.25) is 17.7 Å². The van der Waals surface area contributed by atoms with E-state index >= 15 is 0 Å². The van der Waals surface area contributed by atoms with E-state index in [1.165, 1.54) is 26.2 Å². The maximum atomic E-state index is 13.8. The van der Waals surface area contributed by atoms with Crippen LogP contribution in [0.25, 0.3) is 0 Å². The third-order valence-electron chi connectivity index (χ3n) is 10.7. The van der Waals surface area contributed by atoms with Gasteiger partial charge in [0.1, 0.15) is 0 Å². The Kier molecular flexibility index (Phi) is 13.7. The first-order valence-corrected chi connectivity index (χ1v) is 19.1. The normalized spacial score (nSPS) is 26.9. The van der Waals surface area contributed by atoms with E-state index in [0.29, 0.717) is 37.2 Å². The smallest absolute Gasteiger partial charge is 0.237 e. The number of hydrogen-bond donors (Lipinski definition) is 4. The van der Waals surface area contributed by atoms with Crippen LogP contribution in [-0.2, 0) is 30.5 Å². The van der Waals surface area contributed by atoms with Gasteiger partial charge in [0, 0.05) is 55.2 Å². The molecule has 2 saturated heterocycles. The molecule has 3 aliphatic rings. The fourth-order valence-electron chi connectivity index (χ4n) is 8.10. The maximum Gasteiger partial charge on any atom is 0.237 e. The van der Waals surface area contributed by atoms with E-state index in [1.54, 1.807) is 0 Å². The molecule has 4 N–H and O–H groups in total. The summed E-state index contributed by atoms with van der Waals surface area (Å²) in [6.07, 6.45) is 8.26. The van der Waals surface area contributed by atoms with Crippen molar-refractivity contribution in [3.05, 3.63) is 65.2 Å². The van der Waals surface area contributed by atoms with Crippen LogP contribution in [-0.4, -0.2) is 64.5 Å². The lowest BCUT2D eigenvalue weighted by Crippen LogP contribution is -2.61. The number of anilines is 1. The van der Waals surface area contributed by atoms with Crippen molar-refractivity contribution >= 4 is 23.4 Å². The Hall–Kier alpha value is -3.31. The number of aliphatic hydroxyl groups excluding tert-OH is 1. The standard InChI is InChI=1S/C41H60N4O6/c1-27-36(25-45-34-15-9-8-12-30(34)21-22-35(45)39(49)44-41(3,4)5)50-40(51-38(27)31-19-17-29(26-46)18-20-31)32-13-11-14-33(24-32)43-37(48)16-7-6-10-23-42-28(2)47/h11,13-14,17-20,24,27,30,34-36,38,40,46H,6-10,12,15-16,21-23,25-26H2,1-5H3,(H,42,47)(H,43,48)(H,44,49).